The Balaban J connectivity index is 1.23. The van der Waals surface area contributed by atoms with Crippen LogP contribution < -0.4 is 4.90 Å². The molecule has 0 aromatic heterocycles. The molecule has 2 aromatic rings. The van der Waals surface area contributed by atoms with E-state index < -0.39 is 0 Å². The summed E-state index contributed by atoms with van der Waals surface area (Å²) in [5.41, 5.74) is 2.96. The largest absolute Gasteiger partial charge is 0.337 e. The number of nitrogens with zero attached hydrogens (tertiary/aromatic N) is 3. The number of anilines is 2. The van der Waals surface area contributed by atoms with Gasteiger partial charge in [-0.1, -0.05) is 0 Å². The van der Waals surface area contributed by atoms with Crippen molar-refractivity contribution in [2.45, 2.75) is 44.1 Å². The Kier molecular flexibility index (Phi) is 6.15. The number of ketones is 1. The summed E-state index contributed by atoms with van der Waals surface area (Å²) < 4.78 is 27.6. The van der Waals surface area contributed by atoms with Gasteiger partial charge in [-0.3, -0.25) is 9.59 Å². The predicted octanol–water partition coefficient (Wildman–Crippen LogP) is 4.25. The molecule has 2 atom stereocenters. The highest BCUT2D eigenvalue weighted by Crippen LogP contribution is 2.48. The van der Waals surface area contributed by atoms with Crippen LogP contribution in [0.3, 0.4) is 0 Å². The van der Waals surface area contributed by atoms with E-state index in [0.29, 0.717) is 19.5 Å². The number of hydrogen-bond acceptors (Lipinski definition) is 4. The number of hydrogen-bond donors (Lipinski definition) is 0. The summed E-state index contributed by atoms with van der Waals surface area (Å²) in [5, 5.41) is 0. The molecule has 0 bridgehead atoms. The Hall–Kier alpha value is -2.80. The summed E-state index contributed by atoms with van der Waals surface area (Å²) in [4.78, 5) is 29.9. The van der Waals surface area contributed by atoms with Crippen molar-refractivity contribution < 1.29 is 18.4 Å². The number of carbonyl (C=O) groups excluding carboxylic acids is 2. The fraction of sp³-hybridized carbons (Fsp3) is 0.462. The van der Waals surface area contributed by atoms with Gasteiger partial charge < -0.3 is 14.7 Å². The summed E-state index contributed by atoms with van der Waals surface area (Å²) in [5.74, 6) is -0.893. The molecule has 2 fully saturated rings. The van der Waals surface area contributed by atoms with Gasteiger partial charge in [-0.05, 0) is 80.3 Å². The van der Waals surface area contributed by atoms with Gasteiger partial charge in [0.1, 0.15) is 11.6 Å². The lowest BCUT2D eigenvalue weighted by Gasteiger charge is -2.39. The smallest absolute Gasteiger partial charge is 0.289 e. The Morgan fingerprint density at radius 1 is 0.909 bits per heavy atom. The molecule has 0 aliphatic carbocycles. The van der Waals surface area contributed by atoms with Crippen LogP contribution in [0.25, 0.3) is 0 Å². The van der Waals surface area contributed by atoms with Crippen molar-refractivity contribution in [3.63, 3.8) is 0 Å². The van der Waals surface area contributed by atoms with Crippen LogP contribution in [0.4, 0.5) is 20.2 Å². The number of rotatable bonds is 6. The number of amides is 1. The van der Waals surface area contributed by atoms with Crippen LogP contribution in [0.15, 0.2) is 42.5 Å². The molecule has 0 radical (unpaired) electrons. The van der Waals surface area contributed by atoms with Gasteiger partial charge in [-0.15, -0.1) is 0 Å². The van der Waals surface area contributed by atoms with E-state index in [-0.39, 0.29) is 35.3 Å². The molecule has 33 heavy (non-hydrogen) atoms. The van der Waals surface area contributed by atoms with Crippen molar-refractivity contribution in [1.29, 1.82) is 0 Å². The quantitative estimate of drug-likeness (QED) is 0.485. The van der Waals surface area contributed by atoms with Gasteiger partial charge in [0.05, 0.1) is 0 Å². The second-order valence-corrected chi connectivity index (χ2v) is 9.34. The van der Waals surface area contributed by atoms with Crippen LogP contribution in [0.2, 0.25) is 0 Å². The molecule has 7 heteroatoms. The fourth-order valence-corrected chi connectivity index (χ4v) is 5.64. The first-order valence-electron chi connectivity index (χ1n) is 11.9. The Morgan fingerprint density at radius 3 is 2.48 bits per heavy atom. The molecule has 3 aliphatic rings. The Morgan fingerprint density at radius 2 is 1.67 bits per heavy atom. The minimum Gasteiger partial charge on any atom is -0.337 e. The van der Waals surface area contributed by atoms with E-state index in [1.54, 1.807) is 23.1 Å². The van der Waals surface area contributed by atoms with Crippen molar-refractivity contribution in [3.8, 4) is 0 Å². The number of fused-ring (bicyclic) bond motifs is 3. The van der Waals surface area contributed by atoms with E-state index in [9.17, 15) is 18.4 Å². The zero-order chi connectivity index (χ0) is 22.9. The number of likely N-dealkylation sites (tertiary alicyclic amines) is 2. The number of piperidine rings is 2. The molecule has 0 spiro atoms. The monoisotopic (exact) mass is 453 g/mol. The number of unbranched alkanes of at least 4 members (excludes halogenated alkanes) is 1. The lowest BCUT2D eigenvalue weighted by Crippen LogP contribution is -2.45. The maximum atomic E-state index is 14.1. The molecule has 1 amide bonds. The minimum atomic E-state index is -0.326. The highest BCUT2D eigenvalue weighted by atomic mass is 19.1. The maximum Gasteiger partial charge on any atom is 0.289 e. The van der Waals surface area contributed by atoms with Crippen molar-refractivity contribution in [3.05, 3.63) is 59.7 Å². The SMILES string of the molecule is O=C1CCCN(CCCCN2CC[C@@H]3[C@@H](C2)c2cc(F)ccc2N3c2ccc(F)cc2)C1=O. The lowest BCUT2D eigenvalue weighted by atomic mass is 9.89. The highest BCUT2D eigenvalue weighted by Gasteiger charge is 2.42. The van der Waals surface area contributed by atoms with Crippen LogP contribution in [0, 0.1) is 11.6 Å². The molecule has 2 aromatic carbocycles. The predicted molar refractivity (Wildman–Crippen MR) is 123 cm³/mol. The van der Waals surface area contributed by atoms with Crippen LogP contribution >= 0.6 is 0 Å². The molecule has 2 saturated heterocycles. The zero-order valence-electron chi connectivity index (χ0n) is 18.7. The third-order valence-corrected chi connectivity index (χ3v) is 7.26. The van der Waals surface area contributed by atoms with Crippen LogP contribution in [-0.4, -0.2) is 60.3 Å². The van der Waals surface area contributed by atoms with E-state index in [1.807, 2.05) is 6.07 Å². The number of benzene rings is 2. The van der Waals surface area contributed by atoms with Crippen LogP contribution in [-0.2, 0) is 9.59 Å². The molecule has 3 aliphatic heterocycles. The zero-order valence-corrected chi connectivity index (χ0v) is 18.7. The van der Waals surface area contributed by atoms with Gasteiger partial charge in [0, 0.05) is 55.9 Å². The normalized spacial score (nSPS) is 23.1. The van der Waals surface area contributed by atoms with Gasteiger partial charge in [-0.25, -0.2) is 8.78 Å². The summed E-state index contributed by atoms with van der Waals surface area (Å²) in [6.07, 6.45) is 3.91. The maximum absolute atomic E-state index is 14.1. The average Bonchev–Trinajstić information content (AvgIpc) is 3.13. The van der Waals surface area contributed by atoms with Gasteiger partial charge in [0.25, 0.3) is 5.91 Å². The second-order valence-electron chi connectivity index (χ2n) is 9.34. The molecule has 5 rings (SSSR count). The summed E-state index contributed by atoms with van der Waals surface area (Å²) in [6, 6.07) is 11.8. The number of halogens is 2. The molecule has 0 saturated carbocycles. The molecule has 174 valence electrons. The first-order chi connectivity index (χ1) is 16.0. The van der Waals surface area contributed by atoms with Gasteiger partial charge in [0.15, 0.2) is 0 Å². The van der Waals surface area contributed by atoms with Gasteiger partial charge in [0.2, 0.25) is 5.78 Å². The summed E-state index contributed by atoms with van der Waals surface area (Å²) in [7, 11) is 0. The highest BCUT2D eigenvalue weighted by molar-refractivity contribution is 6.36. The molecule has 0 N–H and O–H groups in total. The molecule has 0 unspecified atom stereocenters. The first-order valence-corrected chi connectivity index (χ1v) is 11.9. The van der Waals surface area contributed by atoms with E-state index >= 15 is 0 Å². The first kappa shape index (κ1) is 22.0. The van der Waals surface area contributed by atoms with Crippen molar-refractivity contribution >= 4 is 23.1 Å². The third-order valence-electron chi connectivity index (χ3n) is 7.26. The minimum absolute atomic E-state index is 0.191. The summed E-state index contributed by atoms with van der Waals surface area (Å²) >= 11 is 0. The topological polar surface area (TPSA) is 43.9 Å². The average molecular weight is 454 g/mol. The van der Waals surface area contributed by atoms with Gasteiger partial charge >= 0.3 is 0 Å². The lowest BCUT2D eigenvalue weighted by molar-refractivity contribution is -0.147. The summed E-state index contributed by atoms with van der Waals surface area (Å²) in [6.45, 7) is 4.02. The van der Waals surface area contributed by atoms with E-state index in [1.165, 1.54) is 18.2 Å². The van der Waals surface area contributed by atoms with Crippen molar-refractivity contribution in [2.75, 3.05) is 37.6 Å². The van der Waals surface area contributed by atoms with E-state index in [0.717, 1.165) is 62.3 Å². The van der Waals surface area contributed by atoms with E-state index in [2.05, 4.69) is 9.80 Å². The molecule has 5 nitrogen and oxygen atoms in total. The number of carbonyl (C=O) groups is 2. The Labute approximate surface area is 193 Å². The second kappa shape index (κ2) is 9.21. The van der Waals surface area contributed by atoms with Crippen molar-refractivity contribution in [2.24, 2.45) is 0 Å². The van der Waals surface area contributed by atoms with Crippen LogP contribution in [0.1, 0.15) is 43.6 Å². The molecular weight excluding hydrogens is 424 g/mol. The van der Waals surface area contributed by atoms with Crippen molar-refractivity contribution in [1.82, 2.24) is 9.80 Å². The van der Waals surface area contributed by atoms with E-state index in [4.69, 9.17) is 0 Å². The van der Waals surface area contributed by atoms with Crippen LogP contribution in [0.5, 0.6) is 0 Å². The standard InChI is InChI=1S/C26H29F2N3O2/c27-18-5-8-20(9-6-18)31-23-10-7-19(28)16-21(23)22-17-29(15-11-24(22)31)12-1-2-13-30-14-3-4-25(32)26(30)33/h5-10,16,22,24H,1-4,11-15,17H2/t22-,24+/m0/s1. The third kappa shape index (κ3) is 4.38. The molecule has 3 heterocycles. The molecular formula is C26H29F2N3O2. The number of Topliss-reactive ketones (excluding diaryl/α,β-unsaturated/α-hetero) is 1. The Bertz CT molecular complexity index is 1040. The van der Waals surface area contributed by atoms with Gasteiger partial charge in [-0.2, -0.15) is 0 Å². The fourth-order valence-electron chi connectivity index (χ4n) is 5.64.